The van der Waals surface area contributed by atoms with Crippen LogP contribution in [0.15, 0.2) is 42.9 Å². The number of carbonyl (C=O) groups is 2. The van der Waals surface area contributed by atoms with Crippen LogP contribution in [0.5, 0.6) is 0 Å². The molecule has 3 aromatic rings. The van der Waals surface area contributed by atoms with Crippen LogP contribution in [0.4, 0.5) is 19.8 Å². The standard InChI is InChI=1S/C20H20FN5O3.ClH/c1-3-23-19(27)26-18-8-15-13(14-6-7-22-11-17(14)21)5-4-12(16(15)10-24-18)9-25-20(28)29-2;/h4-8,10-11H,3,9H2,1-2H3,(H,25,28)(H2,23,24,26,27);1H. The lowest BCUT2D eigenvalue weighted by Crippen LogP contribution is -2.28. The number of nitrogens with one attached hydrogen (secondary N) is 3. The molecule has 2 heterocycles. The smallest absolute Gasteiger partial charge is 0.407 e. The van der Waals surface area contributed by atoms with Crippen molar-refractivity contribution in [2.75, 3.05) is 19.0 Å². The van der Waals surface area contributed by atoms with E-state index in [2.05, 4.69) is 30.7 Å². The number of fused-ring (bicyclic) bond motifs is 1. The fraction of sp³-hybridized carbons (Fsp3) is 0.200. The van der Waals surface area contributed by atoms with Gasteiger partial charge in [-0.15, -0.1) is 12.4 Å². The molecule has 0 aliphatic carbocycles. The highest BCUT2D eigenvalue weighted by atomic mass is 35.5. The molecule has 0 unspecified atom stereocenters. The van der Waals surface area contributed by atoms with Crippen molar-refractivity contribution in [1.29, 1.82) is 0 Å². The number of methoxy groups -OCH3 is 1. The number of pyridine rings is 2. The summed E-state index contributed by atoms with van der Waals surface area (Å²) >= 11 is 0. The zero-order valence-electron chi connectivity index (χ0n) is 16.4. The molecular formula is C20H21ClFN5O3. The van der Waals surface area contributed by atoms with E-state index >= 15 is 0 Å². The van der Waals surface area contributed by atoms with E-state index in [0.29, 0.717) is 34.3 Å². The molecule has 0 spiro atoms. The molecule has 10 heteroatoms. The SMILES string of the molecule is CCNC(=O)Nc1cc2c(-c3ccncc3F)ccc(CNC(=O)OC)c2cn1.Cl. The van der Waals surface area contributed by atoms with E-state index in [0.717, 1.165) is 11.8 Å². The lowest BCUT2D eigenvalue weighted by Gasteiger charge is -2.14. The van der Waals surface area contributed by atoms with Crippen molar-refractivity contribution in [3.8, 4) is 11.1 Å². The molecule has 158 valence electrons. The molecule has 30 heavy (non-hydrogen) atoms. The Morgan fingerprint density at radius 1 is 1.10 bits per heavy atom. The van der Waals surface area contributed by atoms with Crippen LogP contribution < -0.4 is 16.0 Å². The quantitative estimate of drug-likeness (QED) is 0.566. The predicted octanol–water partition coefficient (Wildman–Crippen LogP) is 3.86. The van der Waals surface area contributed by atoms with Gasteiger partial charge in [-0.25, -0.2) is 19.0 Å². The van der Waals surface area contributed by atoms with Crippen LogP contribution in [-0.2, 0) is 11.3 Å². The van der Waals surface area contributed by atoms with Gasteiger partial charge in [-0.05, 0) is 35.6 Å². The van der Waals surface area contributed by atoms with E-state index in [9.17, 15) is 14.0 Å². The van der Waals surface area contributed by atoms with E-state index in [1.165, 1.54) is 13.3 Å². The number of aromatic nitrogens is 2. The number of ether oxygens (including phenoxy) is 1. The lowest BCUT2D eigenvalue weighted by atomic mass is 9.96. The van der Waals surface area contributed by atoms with E-state index in [-0.39, 0.29) is 25.0 Å². The number of halogens is 2. The van der Waals surface area contributed by atoms with Crippen molar-refractivity contribution in [1.82, 2.24) is 20.6 Å². The van der Waals surface area contributed by atoms with Crippen LogP contribution in [0.25, 0.3) is 21.9 Å². The van der Waals surface area contributed by atoms with Crippen molar-refractivity contribution < 1.29 is 18.7 Å². The second kappa shape index (κ2) is 10.4. The number of hydrogen-bond donors (Lipinski definition) is 3. The first-order chi connectivity index (χ1) is 14.0. The molecule has 0 radical (unpaired) electrons. The van der Waals surface area contributed by atoms with Crippen LogP contribution in [0, 0.1) is 5.82 Å². The summed E-state index contributed by atoms with van der Waals surface area (Å²) < 4.78 is 19.0. The average Bonchev–Trinajstić information content (AvgIpc) is 2.72. The predicted molar refractivity (Wildman–Crippen MR) is 114 cm³/mol. The lowest BCUT2D eigenvalue weighted by molar-refractivity contribution is 0.170. The van der Waals surface area contributed by atoms with Crippen molar-refractivity contribution in [3.05, 3.63) is 54.2 Å². The van der Waals surface area contributed by atoms with Gasteiger partial charge in [-0.1, -0.05) is 12.1 Å². The molecule has 0 aliphatic rings. The molecule has 0 bridgehead atoms. The number of benzene rings is 1. The summed E-state index contributed by atoms with van der Waals surface area (Å²) in [6, 6.07) is 6.39. The molecule has 0 fully saturated rings. The third-order valence-corrected chi connectivity index (χ3v) is 4.24. The molecule has 0 aliphatic heterocycles. The van der Waals surface area contributed by atoms with Gasteiger partial charge in [0.05, 0.1) is 13.3 Å². The Hall–Kier alpha value is -3.46. The van der Waals surface area contributed by atoms with Crippen LogP contribution in [0.2, 0.25) is 0 Å². The van der Waals surface area contributed by atoms with Gasteiger partial charge >= 0.3 is 12.1 Å². The van der Waals surface area contributed by atoms with E-state index in [4.69, 9.17) is 0 Å². The number of anilines is 1. The van der Waals surface area contributed by atoms with Crippen LogP contribution in [-0.4, -0.2) is 35.7 Å². The monoisotopic (exact) mass is 433 g/mol. The number of alkyl carbamates (subject to hydrolysis) is 1. The fourth-order valence-electron chi connectivity index (χ4n) is 2.91. The number of amides is 3. The summed E-state index contributed by atoms with van der Waals surface area (Å²) in [6.45, 7) is 2.47. The molecule has 3 N–H and O–H groups in total. The highest BCUT2D eigenvalue weighted by Crippen LogP contribution is 2.33. The van der Waals surface area contributed by atoms with Crippen molar-refractivity contribution >= 4 is 41.1 Å². The summed E-state index contributed by atoms with van der Waals surface area (Å²) in [5, 5.41) is 9.27. The first-order valence-electron chi connectivity index (χ1n) is 8.91. The third-order valence-electron chi connectivity index (χ3n) is 4.24. The van der Waals surface area contributed by atoms with E-state index in [1.807, 2.05) is 0 Å². The summed E-state index contributed by atoms with van der Waals surface area (Å²) in [5.74, 6) is -0.151. The number of rotatable bonds is 5. The minimum atomic E-state index is -0.565. The van der Waals surface area contributed by atoms with Gasteiger partial charge in [0.25, 0.3) is 0 Å². The first-order valence-corrected chi connectivity index (χ1v) is 8.91. The van der Waals surface area contributed by atoms with Gasteiger partial charge in [0.1, 0.15) is 11.6 Å². The molecule has 0 saturated carbocycles. The number of carbonyl (C=O) groups excluding carboxylic acids is 2. The number of nitrogens with zero attached hydrogens (tertiary/aromatic N) is 2. The van der Waals surface area contributed by atoms with Gasteiger partial charge in [-0.3, -0.25) is 10.3 Å². The summed E-state index contributed by atoms with van der Waals surface area (Å²) in [6.07, 6.45) is 3.66. The molecular weight excluding hydrogens is 413 g/mol. The van der Waals surface area contributed by atoms with Gasteiger partial charge < -0.3 is 15.4 Å². The zero-order valence-corrected chi connectivity index (χ0v) is 17.2. The second-order valence-corrected chi connectivity index (χ2v) is 6.07. The van der Waals surface area contributed by atoms with Crippen molar-refractivity contribution in [2.45, 2.75) is 13.5 Å². The minimum Gasteiger partial charge on any atom is -0.453 e. The Labute approximate surface area is 178 Å². The second-order valence-electron chi connectivity index (χ2n) is 6.07. The molecule has 2 aromatic heterocycles. The maximum atomic E-state index is 14.4. The molecule has 8 nitrogen and oxygen atoms in total. The number of hydrogen-bond acceptors (Lipinski definition) is 5. The van der Waals surface area contributed by atoms with Crippen LogP contribution >= 0.6 is 12.4 Å². The highest BCUT2D eigenvalue weighted by Gasteiger charge is 2.14. The largest absolute Gasteiger partial charge is 0.453 e. The van der Waals surface area contributed by atoms with Gasteiger partial charge in [0.2, 0.25) is 0 Å². The average molecular weight is 434 g/mol. The summed E-state index contributed by atoms with van der Waals surface area (Å²) in [7, 11) is 1.28. The molecule has 3 rings (SSSR count). The van der Waals surface area contributed by atoms with Gasteiger partial charge in [0, 0.05) is 36.4 Å². The Morgan fingerprint density at radius 2 is 1.90 bits per heavy atom. The highest BCUT2D eigenvalue weighted by molar-refractivity contribution is 6.01. The van der Waals surface area contributed by atoms with Gasteiger partial charge in [0.15, 0.2) is 0 Å². The zero-order chi connectivity index (χ0) is 20.8. The molecule has 1 aromatic carbocycles. The van der Waals surface area contributed by atoms with Crippen LogP contribution in [0.1, 0.15) is 12.5 Å². The van der Waals surface area contributed by atoms with Crippen LogP contribution in [0.3, 0.4) is 0 Å². The topological polar surface area (TPSA) is 105 Å². The maximum absolute atomic E-state index is 14.4. The van der Waals surface area contributed by atoms with E-state index in [1.54, 1.807) is 37.4 Å². The summed E-state index contributed by atoms with van der Waals surface area (Å²) in [5.41, 5.74) is 1.75. The molecule has 0 saturated heterocycles. The van der Waals surface area contributed by atoms with Gasteiger partial charge in [-0.2, -0.15) is 0 Å². The van der Waals surface area contributed by atoms with E-state index < -0.39 is 11.9 Å². The maximum Gasteiger partial charge on any atom is 0.407 e. The number of urea groups is 1. The first kappa shape index (κ1) is 22.8. The molecule has 3 amide bonds. The van der Waals surface area contributed by atoms with Crippen molar-refractivity contribution in [2.24, 2.45) is 0 Å². The normalized spacial score (nSPS) is 10.1. The Kier molecular flexibility index (Phi) is 7.88. The Balaban J connectivity index is 0.00000320. The summed E-state index contributed by atoms with van der Waals surface area (Å²) in [4.78, 5) is 31.3. The molecule has 0 atom stereocenters. The van der Waals surface area contributed by atoms with Crippen molar-refractivity contribution in [3.63, 3.8) is 0 Å². The Bertz CT molecular complexity index is 1060. The minimum absolute atomic E-state index is 0. The Morgan fingerprint density at radius 3 is 2.60 bits per heavy atom. The third kappa shape index (κ3) is 5.12. The fourth-order valence-corrected chi connectivity index (χ4v) is 2.91.